The minimum absolute atomic E-state index is 0.0408. The molecule has 0 aliphatic carbocycles. The van der Waals surface area contributed by atoms with E-state index in [4.69, 9.17) is 16.3 Å². The maximum absolute atomic E-state index is 12.7. The van der Waals surface area contributed by atoms with Gasteiger partial charge in [-0.2, -0.15) is 0 Å². The number of rotatable bonds is 5. The molecule has 3 amide bonds. The van der Waals surface area contributed by atoms with Crippen LogP contribution in [0.2, 0.25) is 5.02 Å². The maximum Gasteiger partial charge on any atom is 0.321 e. The molecular weight excluding hydrogens is 390 g/mol. The molecule has 1 aliphatic rings. The van der Waals surface area contributed by atoms with Crippen molar-refractivity contribution < 1.29 is 14.3 Å². The monoisotopic (exact) mass is 415 g/mol. The fourth-order valence-corrected chi connectivity index (χ4v) is 3.33. The molecule has 1 unspecified atom stereocenters. The van der Waals surface area contributed by atoms with E-state index in [9.17, 15) is 9.59 Å². The molecule has 2 aromatic rings. The molecule has 0 aromatic heterocycles. The third-order valence-electron chi connectivity index (χ3n) is 4.88. The van der Waals surface area contributed by atoms with Crippen LogP contribution in [-0.4, -0.2) is 54.0 Å². The van der Waals surface area contributed by atoms with Gasteiger partial charge in [-0.3, -0.25) is 4.79 Å². The quantitative estimate of drug-likeness (QED) is 0.802. The number of amides is 3. The van der Waals surface area contributed by atoms with Crippen molar-refractivity contribution >= 4 is 29.2 Å². The van der Waals surface area contributed by atoms with Crippen molar-refractivity contribution in [2.24, 2.45) is 0 Å². The Morgan fingerprint density at radius 3 is 2.38 bits per heavy atom. The lowest BCUT2D eigenvalue weighted by Crippen LogP contribution is -2.42. The number of nitrogens with zero attached hydrogens (tertiary/aromatic N) is 2. The molecule has 7 heteroatoms. The van der Waals surface area contributed by atoms with Crippen molar-refractivity contribution in [1.29, 1.82) is 0 Å². The van der Waals surface area contributed by atoms with E-state index in [-0.39, 0.29) is 11.9 Å². The summed E-state index contributed by atoms with van der Waals surface area (Å²) in [6, 6.07) is 16.6. The average molecular weight is 416 g/mol. The van der Waals surface area contributed by atoms with Crippen LogP contribution in [0.1, 0.15) is 18.9 Å². The Kier molecular flexibility index (Phi) is 7.49. The van der Waals surface area contributed by atoms with Crippen LogP contribution >= 0.6 is 11.6 Å². The van der Waals surface area contributed by atoms with E-state index >= 15 is 0 Å². The number of anilines is 1. The zero-order valence-corrected chi connectivity index (χ0v) is 17.3. The predicted octanol–water partition coefficient (Wildman–Crippen LogP) is 4.01. The van der Waals surface area contributed by atoms with Gasteiger partial charge < -0.3 is 19.9 Å². The molecule has 29 heavy (non-hydrogen) atoms. The highest BCUT2D eigenvalue weighted by Gasteiger charge is 2.25. The third-order valence-corrected chi connectivity index (χ3v) is 5.13. The zero-order chi connectivity index (χ0) is 20.6. The Balaban J connectivity index is 1.48. The number of carbonyl (C=O) groups excluding carboxylic acids is 2. The van der Waals surface area contributed by atoms with Crippen LogP contribution in [0.15, 0.2) is 54.6 Å². The van der Waals surface area contributed by atoms with Crippen molar-refractivity contribution in [1.82, 2.24) is 9.80 Å². The van der Waals surface area contributed by atoms with Gasteiger partial charge in [0.15, 0.2) is 0 Å². The summed E-state index contributed by atoms with van der Waals surface area (Å²) in [7, 11) is 0. The molecule has 2 aromatic carbocycles. The smallest absolute Gasteiger partial charge is 0.321 e. The zero-order valence-electron chi connectivity index (χ0n) is 16.5. The molecule has 154 valence electrons. The van der Waals surface area contributed by atoms with Crippen LogP contribution in [0.4, 0.5) is 10.5 Å². The Morgan fingerprint density at radius 1 is 1.00 bits per heavy atom. The summed E-state index contributed by atoms with van der Waals surface area (Å²) in [5.74, 6) is -0.0408. The maximum atomic E-state index is 12.7. The summed E-state index contributed by atoms with van der Waals surface area (Å²) < 4.78 is 5.75. The van der Waals surface area contributed by atoms with Crippen LogP contribution < -0.4 is 5.32 Å². The number of hydrogen-bond donors (Lipinski definition) is 1. The van der Waals surface area contributed by atoms with Gasteiger partial charge in [0.05, 0.1) is 6.61 Å². The minimum Gasteiger partial charge on any atom is -0.364 e. The van der Waals surface area contributed by atoms with Gasteiger partial charge in [0.1, 0.15) is 6.10 Å². The molecule has 0 radical (unpaired) electrons. The Labute approximate surface area is 176 Å². The first-order valence-corrected chi connectivity index (χ1v) is 10.2. The van der Waals surface area contributed by atoms with Crippen LogP contribution in [0.5, 0.6) is 0 Å². The van der Waals surface area contributed by atoms with Crippen molar-refractivity contribution in [2.75, 3.05) is 31.5 Å². The number of carbonyl (C=O) groups is 2. The molecule has 0 bridgehead atoms. The number of ether oxygens (including phenoxy) is 1. The second kappa shape index (κ2) is 10.3. The van der Waals surface area contributed by atoms with E-state index < -0.39 is 6.10 Å². The van der Waals surface area contributed by atoms with Gasteiger partial charge >= 0.3 is 6.03 Å². The van der Waals surface area contributed by atoms with E-state index in [2.05, 4.69) is 5.32 Å². The highest BCUT2D eigenvalue weighted by molar-refractivity contribution is 6.30. The lowest BCUT2D eigenvalue weighted by molar-refractivity contribution is -0.143. The molecule has 1 fully saturated rings. The Morgan fingerprint density at radius 2 is 1.66 bits per heavy atom. The Bertz CT molecular complexity index is 814. The van der Waals surface area contributed by atoms with Gasteiger partial charge in [-0.25, -0.2) is 4.79 Å². The number of urea groups is 1. The van der Waals surface area contributed by atoms with Gasteiger partial charge in [0.2, 0.25) is 0 Å². The van der Waals surface area contributed by atoms with Crippen LogP contribution in [0.3, 0.4) is 0 Å². The first-order chi connectivity index (χ1) is 14.0. The van der Waals surface area contributed by atoms with Gasteiger partial charge in [0, 0.05) is 36.9 Å². The number of halogens is 1. The molecule has 1 N–H and O–H groups in total. The molecule has 6 nitrogen and oxygen atoms in total. The SMILES string of the molecule is CC(OCc1ccccc1)C(=O)N1CCCN(C(=O)Nc2ccc(Cl)cc2)CC1. The van der Waals surface area contributed by atoms with Crippen molar-refractivity contribution in [3.05, 3.63) is 65.2 Å². The van der Waals surface area contributed by atoms with Gasteiger partial charge in [0.25, 0.3) is 5.91 Å². The number of nitrogens with one attached hydrogen (secondary N) is 1. The molecule has 1 saturated heterocycles. The van der Waals surface area contributed by atoms with Crippen LogP contribution in [-0.2, 0) is 16.1 Å². The largest absolute Gasteiger partial charge is 0.364 e. The summed E-state index contributed by atoms with van der Waals surface area (Å²) in [5, 5.41) is 3.49. The molecule has 0 spiro atoms. The summed E-state index contributed by atoms with van der Waals surface area (Å²) in [5.41, 5.74) is 1.73. The van der Waals surface area contributed by atoms with E-state index in [0.29, 0.717) is 43.5 Å². The van der Waals surface area contributed by atoms with Gasteiger partial charge in [-0.1, -0.05) is 41.9 Å². The van der Waals surface area contributed by atoms with Crippen molar-refractivity contribution in [2.45, 2.75) is 26.1 Å². The summed E-state index contributed by atoms with van der Waals surface area (Å²) in [6.45, 7) is 4.37. The number of benzene rings is 2. The van der Waals surface area contributed by atoms with Gasteiger partial charge in [-0.15, -0.1) is 0 Å². The molecule has 0 saturated carbocycles. The minimum atomic E-state index is -0.523. The van der Waals surface area contributed by atoms with E-state index in [1.54, 1.807) is 41.0 Å². The van der Waals surface area contributed by atoms with E-state index in [1.807, 2.05) is 30.3 Å². The first kappa shape index (κ1) is 21.1. The highest BCUT2D eigenvalue weighted by atomic mass is 35.5. The third kappa shape index (κ3) is 6.21. The average Bonchev–Trinajstić information content (AvgIpc) is 3.00. The second-order valence-corrected chi connectivity index (χ2v) is 7.48. The lowest BCUT2D eigenvalue weighted by atomic mass is 10.2. The predicted molar refractivity (Wildman–Crippen MR) is 114 cm³/mol. The Hall–Kier alpha value is -2.57. The lowest BCUT2D eigenvalue weighted by Gasteiger charge is -2.25. The topological polar surface area (TPSA) is 61.9 Å². The van der Waals surface area contributed by atoms with Crippen LogP contribution in [0.25, 0.3) is 0 Å². The molecule has 1 heterocycles. The highest BCUT2D eigenvalue weighted by Crippen LogP contribution is 2.15. The van der Waals surface area contributed by atoms with Crippen molar-refractivity contribution in [3.8, 4) is 0 Å². The van der Waals surface area contributed by atoms with E-state index in [0.717, 1.165) is 12.0 Å². The summed E-state index contributed by atoms with van der Waals surface area (Å²) >= 11 is 5.88. The molecular formula is C22H26ClN3O3. The summed E-state index contributed by atoms with van der Waals surface area (Å²) in [4.78, 5) is 28.8. The van der Waals surface area contributed by atoms with Crippen LogP contribution in [0, 0.1) is 0 Å². The van der Waals surface area contributed by atoms with E-state index in [1.165, 1.54) is 0 Å². The fraction of sp³-hybridized carbons (Fsp3) is 0.364. The number of hydrogen-bond acceptors (Lipinski definition) is 3. The normalized spacial score (nSPS) is 15.5. The second-order valence-electron chi connectivity index (χ2n) is 7.04. The van der Waals surface area contributed by atoms with Crippen molar-refractivity contribution in [3.63, 3.8) is 0 Å². The molecule has 1 atom stereocenters. The molecule has 3 rings (SSSR count). The first-order valence-electron chi connectivity index (χ1n) is 9.79. The van der Waals surface area contributed by atoms with Gasteiger partial charge in [-0.05, 0) is 43.2 Å². The molecule has 1 aliphatic heterocycles. The standard InChI is InChI=1S/C22H26ClN3O3/c1-17(29-16-18-6-3-2-4-7-18)21(27)25-12-5-13-26(15-14-25)22(28)24-20-10-8-19(23)9-11-20/h2-4,6-11,17H,5,12-16H2,1H3,(H,24,28). The fourth-order valence-electron chi connectivity index (χ4n) is 3.20. The summed E-state index contributed by atoms with van der Waals surface area (Å²) in [6.07, 6.45) is 0.204.